The van der Waals surface area contributed by atoms with Gasteiger partial charge in [-0.1, -0.05) is 6.92 Å². The molecule has 6 heteroatoms. The maximum Gasteiger partial charge on any atom is 0.311 e. The van der Waals surface area contributed by atoms with E-state index in [0.29, 0.717) is 24.3 Å². The van der Waals surface area contributed by atoms with Gasteiger partial charge in [0, 0.05) is 18.8 Å². The zero-order valence-corrected chi connectivity index (χ0v) is 12.0. The van der Waals surface area contributed by atoms with Crippen LogP contribution >= 0.6 is 0 Å². The smallest absolute Gasteiger partial charge is 0.311 e. The zero-order valence-electron chi connectivity index (χ0n) is 12.0. The van der Waals surface area contributed by atoms with Crippen molar-refractivity contribution in [3.8, 4) is 0 Å². The first kappa shape index (κ1) is 15.3. The molecule has 1 fully saturated rings. The Bertz CT molecular complexity index is 565. The second-order valence-corrected chi connectivity index (χ2v) is 5.89. The van der Waals surface area contributed by atoms with E-state index in [1.54, 1.807) is 0 Å². The lowest BCUT2D eigenvalue weighted by molar-refractivity contribution is -0.151. The van der Waals surface area contributed by atoms with Gasteiger partial charge in [-0.25, -0.2) is 0 Å². The van der Waals surface area contributed by atoms with Crippen molar-refractivity contribution in [3.05, 3.63) is 34.2 Å². The standard InChI is InChI=1S/C15H20N2O4/c1-10-4-6-15(7-5-10,14(20)21)9-17-13(19)11-2-3-12(18)16-8-11/h2-3,8,10H,4-7,9H2,1H3,(H,16,18)(H,17,19)(H,20,21). The summed E-state index contributed by atoms with van der Waals surface area (Å²) in [7, 11) is 0. The third kappa shape index (κ3) is 3.51. The Hall–Kier alpha value is -2.11. The second-order valence-electron chi connectivity index (χ2n) is 5.89. The van der Waals surface area contributed by atoms with Crippen molar-refractivity contribution in [2.45, 2.75) is 32.6 Å². The number of aromatic amines is 1. The predicted octanol–water partition coefficient (Wildman–Crippen LogP) is 1.39. The summed E-state index contributed by atoms with van der Waals surface area (Å²) in [5, 5.41) is 12.2. The van der Waals surface area contributed by atoms with E-state index >= 15 is 0 Å². The molecule has 3 N–H and O–H groups in total. The number of rotatable bonds is 4. The minimum atomic E-state index is -0.871. The van der Waals surface area contributed by atoms with Crippen molar-refractivity contribution < 1.29 is 14.7 Å². The molecule has 1 aromatic heterocycles. The molecule has 1 saturated carbocycles. The number of carbonyl (C=O) groups is 2. The maximum atomic E-state index is 12.0. The average Bonchev–Trinajstić information content (AvgIpc) is 2.47. The van der Waals surface area contributed by atoms with E-state index in [1.165, 1.54) is 18.3 Å². The molecular formula is C15H20N2O4. The molecule has 1 amide bonds. The van der Waals surface area contributed by atoms with Crippen molar-refractivity contribution in [2.24, 2.45) is 11.3 Å². The van der Waals surface area contributed by atoms with Crippen LogP contribution in [0.2, 0.25) is 0 Å². The van der Waals surface area contributed by atoms with Crippen LogP contribution in [0.25, 0.3) is 0 Å². The van der Waals surface area contributed by atoms with Gasteiger partial charge in [-0.2, -0.15) is 0 Å². The van der Waals surface area contributed by atoms with E-state index in [1.807, 2.05) is 0 Å². The van der Waals surface area contributed by atoms with Crippen molar-refractivity contribution in [2.75, 3.05) is 6.54 Å². The van der Waals surface area contributed by atoms with Gasteiger partial charge in [0.05, 0.1) is 11.0 Å². The summed E-state index contributed by atoms with van der Waals surface area (Å²) in [6.07, 6.45) is 4.21. The molecule has 1 heterocycles. The summed E-state index contributed by atoms with van der Waals surface area (Å²) in [5.74, 6) is -0.686. The van der Waals surface area contributed by atoms with E-state index in [9.17, 15) is 19.5 Å². The topological polar surface area (TPSA) is 99.3 Å². The molecule has 21 heavy (non-hydrogen) atoms. The fourth-order valence-corrected chi connectivity index (χ4v) is 2.68. The molecule has 0 aromatic carbocycles. The molecule has 0 spiro atoms. The van der Waals surface area contributed by atoms with Crippen LogP contribution in [0.5, 0.6) is 0 Å². The number of nitrogens with one attached hydrogen (secondary N) is 2. The third-order valence-corrected chi connectivity index (χ3v) is 4.32. The molecule has 1 aliphatic rings. The Balaban J connectivity index is 2.02. The van der Waals surface area contributed by atoms with E-state index in [4.69, 9.17) is 0 Å². The number of carbonyl (C=O) groups excluding carboxylic acids is 1. The fourth-order valence-electron chi connectivity index (χ4n) is 2.68. The lowest BCUT2D eigenvalue weighted by Crippen LogP contribution is -2.45. The molecule has 1 aliphatic carbocycles. The number of aromatic nitrogens is 1. The van der Waals surface area contributed by atoms with Crippen LogP contribution in [0.15, 0.2) is 23.1 Å². The summed E-state index contributed by atoms with van der Waals surface area (Å²) in [5.41, 5.74) is -0.834. The molecule has 0 aliphatic heterocycles. The Morgan fingerprint density at radius 2 is 2.05 bits per heavy atom. The largest absolute Gasteiger partial charge is 0.481 e. The minimum absolute atomic E-state index is 0.118. The highest BCUT2D eigenvalue weighted by molar-refractivity contribution is 5.94. The Morgan fingerprint density at radius 3 is 2.57 bits per heavy atom. The number of pyridine rings is 1. The predicted molar refractivity (Wildman–Crippen MR) is 77.1 cm³/mol. The number of hydrogen-bond donors (Lipinski definition) is 3. The van der Waals surface area contributed by atoms with Crippen molar-refractivity contribution in [1.29, 1.82) is 0 Å². The van der Waals surface area contributed by atoms with Gasteiger partial charge in [0.2, 0.25) is 5.56 Å². The highest BCUT2D eigenvalue weighted by atomic mass is 16.4. The van der Waals surface area contributed by atoms with Crippen LogP contribution in [0.3, 0.4) is 0 Å². The zero-order chi connectivity index (χ0) is 15.5. The van der Waals surface area contributed by atoms with Crippen molar-refractivity contribution in [3.63, 3.8) is 0 Å². The van der Waals surface area contributed by atoms with Crippen molar-refractivity contribution >= 4 is 11.9 Å². The van der Waals surface area contributed by atoms with Crippen LogP contribution in [-0.2, 0) is 4.79 Å². The minimum Gasteiger partial charge on any atom is -0.481 e. The molecule has 2 rings (SSSR count). The van der Waals surface area contributed by atoms with Gasteiger partial charge in [-0.3, -0.25) is 14.4 Å². The van der Waals surface area contributed by atoms with E-state index in [-0.39, 0.29) is 18.0 Å². The molecule has 6 nitrogen and oxygen atoms in total. The highest BCUT2D eigenvalue weighted by Gasteiger charge is 2.41. The average molecular weight is 292 g/mol. The van der Waals surface area contributed by atoms with Gasteiger partial charge in [0.1, 0.15) is 0 Å². The molecule has 0 atom stereocenters. The van der Waals surface area contributed by atoms with E-state index in [0.717, 1.165) is 12.8 Å². The Labute approximate surface area is 122 Å². The molecule has 0 bridgehead atoms. The van der Waals surface area contributed by atoms with Gasteiger partial charge < -0.3 is 15.4 Å². The lowest BCUT2D eigenvalue weighted by Gasteiger charge is -2.35. The molecule has 0 radical (unpaired) electrons. The van der Waals surface area contributed by atoms with Gasteiger partial charge in [0.25, 0.3) is 5.91 Å². The number of carboxylic acid groups (broad SMARTS) is 1. The van der Waals surface area contributed by atoms with Gasteiger partial charge in [0.15, 0.2) is 0 Å². The van der Waals surface area contributed by atoms with Crippen LogP contribution in [0.1, 0.15) is 43.0 Å². The lowest BCUT2D eigenvalue weighted by atomic mass is 9.71. The van der Waals surface area contributed by atoms with Crippen LogP contribution in [-0.4, -0.2) is 28.5 Å². The second kappa shape index (κ2) is 6.11. The number of H-pyrrole nitrogens is 1. The monoisotopic (exact) mass is 292 g/mol. The van der Waals surface area contributed by atoms with Crippen molar-refractivity contribution in [1.82, 2.24) is 10.3 Å². The fraction of sp³-hybridized carbons (Fsp3) is 0.533. The van der Waals surface area contributed by atoms with Gasteiger partial charge in [-0.15, -0.1) is 0 Å². The molecule has 0 unspecified atom stereocenters. The number of aliphatic carboxylic acids is 1. The summed E-state index contributed by atoms with van der Waals surface area (Å²) in [4.78, 5) is 37.0. The number of carboxylic acids is 1. The van der Waals surface area contributed by atoms with Crippen LogP contribution in [0.4, 0.5) is 0 Å². The number of amides is 1. The first-order valence-electron chi connectivity index (χ1n) is 7.13. The Morgan fingerprint density at radius 1 is 1.38 bits per heavy atom. The van der Waals surface area contributed by atoms with Crippen LogP contribution in [0, 0.1) is 11.3 Å². The number of hydrogen-bond acceptors (Lipinski definition) is 3. The summed E-state index contributed by atoms with van der Waals surface area (Å²) < 4.78 is 0. The maximum absolute atomic E-state index is 12.0. The third-order valence-electron chi connectivity index (χ3n) is 4.32. The first-order chi connectivity index (χ1) is 9.93. The van der Waals surface area contributed by atoms with E-state index in [2.05, 4.69) is 17.2 Å². The SMILES string of the molecule is CC1CCC(CNC(=O)c2ccc(=O)[nH]c2)(C(=O)O)CC1. The normalized spacial score (nSPS) is 25.3. The highest BCUT2D eigenvalue weighted by Crippen LogP contribution is 2.38. The van der Waals surface area contributed by atoms with E-state index < -0.39 is 11.4 Å². The first-order valence-corrected chi connectivity index (χ1v) is 7.13. The summed E-state index contributed by atoms with van der Waals surface area (Å²) in [6, 6.07) is 2.69. The summed E-state index contributed by atoms with van der Waals surface area (Å²) >= 11 is 0. The van der Waals surface area contributed by atoms with Crippen LogP contribution < -0.4 is 10.9 Å². The molecule has 1 aromatic rings. The van der Waals surface area contributed by atoms with Gasteiger partial charge >= 0.3 is 5.97 Å². The molecule has 114 valence electrons. The molecule has 0 saturated heterocycles. The Kier molecular flexibility index (Phi) is 4.45. The molecular weight excluding hydrogens is 272 g/mol. The summed E-state index contributed by atoms with van der Waals surface area (Å²) in [6.45, 7) is 2.23. The van der Waals surface area contributed by atoms with Gasteiger partial charge in [-0.05, 0) is 37.7 Å². The quantitative estimate of drug-likeness (QED) is 0.780.